The molecule has 0 unspecified atom stereocenters. The van der Waals surface area contributed by atoms with Crippen molar-refractivity contribution in [3.63, 3.8) is 0 Å². The van der Waals surface area contributed by atoms with Crippen LogP contribution < -0.4 is 0 Å². The van der Waals surface area contributed by atoms with Crippen molar-refractivity contribution in [1.82, 2.24) is 0 Å². The second-order valence-corrected chi connectivity index (χ2v) is 4.90. The van der Waals surface area contributed by atoms with Crippen molar-refractivity contribution in [3.8, 4) is 0 Å². The third kappa shape index (κ3) is 5.71. The molecule has 0 amide bonds. The Morgan fingerprint density at radius 3 is 1.70 bits per heavy atom. The van der Waals surface area contributed by atoms with Gasteiger partial charge in [0.05, 0.1) is 0 Å². The van der Waals surface area contributed by atoms with Crippen LogP contribution in [-0.2, 0) is 0 Å². The fraction of sp³-hybridized carbons (Fsp3) is 0.200. The molecule has 104 valence electrons. The maximum atomic E-state index is 2.16. The van der Waals surface area contributed by atoms with Crippen molar-refractivity contribution in [2.75, 3.05) is 0 Å². The van der Waals surface area contributed by atoms with Crippen LogP contribution in [0.15, 0.2) is 72.3 Å². The molecule has 0 saturated heterocycles. The van der Waals surface area contributed by atoms with Gasteiger partial charge >= 0.3 is 0 Å². The van der Waals surface area contributed by atoms with E-state index in [1.807, 2.05) is 37.3 Å². The van der Waals surface area contributed by atoms with Gasteiger partial charge in [-0.15, -0.1) is 0 Å². The van der Waals surface area contributed by atoms with Crippen LogP contribution in [0.25, 0.3) is 11.6 Å². The molecule has 2 rings (SSSR count). The highest BCUT2D eigenvalue weighted by Crippen LogP contribution is 2.16. The highest BCUT2D eigenvalue weighted by Gasteiger charge is 1.93. The second-order valence-electron chi connectivity index (χ2n) is 4.90. The zero-order valence-electron chi connectivity index (χ0n) is 12.9. The maximum Gasteiger partial charge on any atom is -0.0228 e. The van der Waals surface area contributed by atoms with E-state index in [4.69, 9.17) is 0 Å². The highest BCUT2D eigenvalue weighted by atomic mass is 14.0. The van der Waals surface area contributed by atoms with Gasteiger partial charge in [-0.05, 0) is 44.4 Å². The minimum atomic E-state index is 1.26. The van der Waals surface area contributed by atoms with Crippen molar-refractivity contribution >= 4 is 11.6 Å². The van der Waals surface area contributed by atoms with Gasteiger partial charge in [0.2, 0.25) is 0 Å². The maximum absolute atomic E-state index is 2.16. The van der Waals surface area contributed by atoms with Crippen molar-refractivity contribution in [3.05, 3.63) is 83.4 Å². The summed E-state index contributed by atoms with van der Waals surface area (Å²) in [7, 11) is 0. The minimum Gasteiger partial charge on any atom is -0.0871 e. The Kier molecular flexibility index (Phi) is 7.13. The van der Waals surface area contributed by atoms with E-state index in [0.29, 0.717) is 0 Å². The fourth-order valence-electron chi connectivity index (χ4n) is 1.73. The van der Waals surface area contributed by atoms with E-state index in [9.17, 15) is 0 Å². The normalized spacial score (nSPS) is 9.80. The standard InChI is InChI=1S/C11H14.C9H10/c1-9(2)10(3)11-7-5-4-6-8-11;1-2-6-9-7-4-3-5-8-9/h4-8H,1-3H3;2-8H,1H3. The van der Waals surface area contributed by atoms with Gasteiger partial charge < -0.3 is 0 Å². The van der Waals surface area contributed by atoms with Crippen LogP contribution in [0.2, 0.25) is 0 Å². The summed E-state index contributed by atoms with van der Waals surface area (Å²) in [4.78, 5) is 0. The summed E-state index contributed by atoms with van der Waals surface area (Å²) in [5, 5.41) is 0. The molecule has 0 aliphatic carbocycles. The summed E-state index contributed by atoms with van der Waals surface area (Å²) in [6.07, 6.45) is 4.12. The Hall–Kier alpha value is -2.08. The van der Waals surface area contributed by atoms with E-state index in [1.165, 1.54) is 22.3 Å². The average molecular weight is 264 g/mol. The number of hydrogen-bond acceptors (Lipinski definition) is 0. The zero-order valence-corrected chi connectivity index (χ0v) is 12.9. The Labute approximate surface area is 123 Å². The van der Waals surface area contributed by atoms with E-state index in [0.717, 1.165) is 0 Å². The van der Waals surface area contributed by atoms with Gasteiger partial charge in [-0.1, -0.05) is 78.4 Å². The molecule has 0 aromatic heterocycles. The van der Waals surface area contributed by atoms with E-state index in [-0.39, 0.29) is 0 Å². The van der Waals surface area contributed by atoms with Crippen LogP contribution in [0, 0.1) is 0 Å². The average Bonchev–Trinajstić information content (AvgIpc) is 2.49. The highest BCUT2D eigenvalue weighted by molar-refractivity contribution is 5.65. The number of allylic oxidation sites excluding steroid dienone is 3. The fourth-order valence-corrected chi connectivity index (χ4v) is 1.73. The predicted molar refractivity (Wildman–Crippen MR) is 91.5 cm³/mol. The van der Waals surface area contributed by atoms with Gasteiger partial charge in [-0.25, -0.2) is 0 Å². The summed E-state index contributed by atoms with van der Waals surface area (Å²) < 4.78 is 0. The second kappa shape index (κ2) is 8.92. The molecule has 0 nitrogen and oxygen atoms in total. The lowest BCUT2D eigenvalue weighted by molar-refractivity contribution is 1.36. The molecule has 0 heteroatoms. The van der Waals surface area contributed by atoms with Gasteiger partial charge in [-0.2, -0.15) is 0 Å². The lowest BCUT2D eigenvalue weighted by Crippen LogP contribution is -1.79. The van der Waals surface area contributed by atoms with E-state index in [2.05, 4.69) is 63.2 Å². The van der Waals surface area contributed by atoms with Gasteiger partial charge in [0.25, 0.3) is 0 Å². The molecule has 2 aromatic carbocycles. The Morgan fingerprint density at radius 2 is 1.25 bits per heavy atom. The summed E-state index contributed by atoms with van der Waals surface area (Å²) >= 11 is 0. The molecule has 0 aliphatic rings. The minimum absolute atomic E-state index is 1.26. The molecule has 0 N–H and O–H groups in total. The summed E-state index contributed by atoms with van der Waals surface area (Å²) in [5.41, 5.74) is 5.36. The molecule has 0 fully saturated rings. The first-order valence-electron chi connectivity index (χ1n) is 7.02. The lowest BCUT2D eigenvalue weighted by atomic mass is 10.0. The van der Waals surface area contributed by atoms with Crippen LogP contribution in [-0.4, -0.2) is 0 Å². The van der Waals surface area contributed by atoms with Crippen LogP contribution in [0.5, 0.6) is 0 Å². The smallest absolute Gasteiger partial charge is 0.0228 e. The number of rotatable bonds is 2. The SMILES string of the molecule is CC(C)=C(C)c1ccccc1.CC=Cc1ccccc1. The number of hydrogen-bond donors (Lipinski definition) is 0. The molecular formula is C20H24. The largest absolute Gasteiger partial charge is 0.0871 e. The van der Waals surface area contributed by atoms with Crippen LogP contribution in [0.4, 0.5) is 0 Å². The molecule has 0 radical (unpaired) electrons. The Bertz CT molecular complexity index is 541. The summed E-state index contributed by atoms with van der Waals surface area (Å²) in [6.45, 7) is 8.46. The molecular weight excluding hydrogens is 240 g/mol. The molecule has 2 aromatic rings. The van der Waals surface area contributed by atoms with Crippen LogP contribution >= 0.6 is 0 Å². The predicted octanol–water partition coefficient (Wildman–Crippen LogP) is 6.22. The molecule has 0 saturated carbocycles. The van der Waals surface area contributed by atoms with Crippen molar-refractivity contribution < 1.29 is 0 Å². The number of benzene rings is 2. The van der Waals surface area contributed by atoms with Crippen molar-refractivity contribution in [1.29, 1.82) is 0 Å². The van der Waals surface area contributed by atoms with Gasteiger partial charge in [0.15, 0.2) is 0 Å². The monoisotopic (exact) mass is 264 g/mol. The molecule has 0 atom stereocenters. The lowest BCUT2D eigenvalue weighted by Gasteiger charge is -2.02. The van der Waals surface area contributed by atoms with Crippen LogP contribution in [0.3, 0.4) is 0 Å². The zero-order chi connectivity index (χ0) is 14.8. The van der Waals surface area contributed by atoms with Crippen molar-refractivity contribution in [2.45, 2.75) is 27.7 Å². The third-order valence-corrected chi connectivity index (χ3v) is 3.12. The van der Waals surface area contributed by atoms with E-state index in [1.54, 1.807) is 0 Å². The topological polar surface area (TPSA) is 0 Å². The van der Waals surface area contributed by atoms with Crippen molar-refractivity contribution in [2.24, 2.45) is 0 Å². The first-order chi connectivity index (χ1) is 9.65. The summed E-state index contributed by atoms with van der Waals surface area (Å²) in [6, 6.07) is 20.7. The Morgan fingerprint density at radius 1 is 0.750 bits per heavy atom. The molecule has 20 heavy (non-hydrogen) atoms. The molecule has 0 bridgehead atoms. The molecule has 0 aliphatic heterocycles. The molecule has 0 heterocycles. The molecule has 0 spiro atoms. The Balaban J connectivity index is 0.000000204. The van der Waals surface area contributed by atoms with Gasteiger partial charge in [-0.3, -0.25) is 0 Å². The van der Waals surface area contributed by atoms with Crippen LogP contribution in [0.1, 0.15) is 38.8 Å². The van der Waals surface area contributed by atoms with Gasteiger partial charge in [0, 0.05) is 0 Å². The first kappa shape index (κ1) is 16.0. The van der Waals surface area contributed by atoms with E-state index >= 15 is 0 Å². The first-order valence-corrected chi connectivity index (χ1v) is 7.02. The van der Waals surface area contributed by atoms with Gasteiger partial charge in [0.1, 0.15) is 0 Å². The summed E-state index contributed by atoms with van der Waals surface area (Å²) in [5.74, 6) is 0. The quantitative estimate of drug-likeness (QED) is 0.604. The van der Waals surface area contributed by atoms with E-state index < -0.39 is 0 Å². The third-order valence-electron chi connectivity index (χ3n) is 3.12.